The molecule has 0 bridgehead atoms. The molecule has 2 aromatic rings. The minimum absolute atomic E-state index is 0.0136. The Morgan fingerprint density at radius 3 is 2.39 bits per heavy atom. The molecule has 0 spiro atoms. The molecule has 2 rings (SSSR count). The van der Waals surface area contributed by atoms with Crippen LogP contribution in [0.5, 0.6) is 5.75 Å². The highest BCUT2D eigenvalue weighted by atomic mass is 19.4. The van der Waals surface area contributed by atoms with Gasteiger partial charge in [0.2, 0.25) is 0 Å². The second-order valence-electron chi connectivity index (χ2n) is 7.42. The largest absolute Gasteiger partial charge is 0.491 e. The van der Waals surface area contributed by atoms with Gasteiger partial charge >= 0.3 is 6.18 Å². The predicted molar refractivity (Wildman–Crippen MR) is 95.0 cm³/mol. The van der Waals surface area contributed by atoms with E-state index >= 15 is 0 Å². The van der Waals surface area contributed by atoms with E-state index in [1.165, 1.54) is 18.2 Å². The third kappa shape index (κ3) is 6.12. The Labute approximate surface area is 159 Å². The van der Waals surface area contributed by atoms with Crippen molar-refractivity contribution in [3.05, 3.63) is 41.9 Å². The number of rotatable bonds is 7. The lowest BCUT2D eigenvalue weighted by Gasteiger charge is -2.23. The van der Waals surface area contributed by atoms with Gasteiger partial charge in [0.15, 0.2) is 0 Å². The van der Waals surface area contributed by atoms with Gasteiger partial charge in [0, 0.05) is 17.3 Å². The zero-order valence-electron chi connectivity index (χ0n) is 15.7. The van der Waals surface area contributed by atoms with Gasteiger partial charge < -0.3 is 10.5 Å². The number of aromatic nitrogens is 2. The molecule has 0 aliphatic carbocycles. The lowest BCUT2D eigenvalue weighted by atomic mass is 9.93. The predicted octanol–water partition coefficient (Wildman–Crippen LogP) is 5.24. The molecular weight excluding hydrogens is 381 g/mol. The molecule has 1 atom stereocenters. The molecule has 2 heterocycles. The number of pyridine rings is 2. The number of hydrogen-bond donors (Lipinski definition) is 1. The molecule has 0 radical (unpaired) electrons. The van der Waals surface area contributed by atoms with Crippen LogP contribution in [0, 0.1) is 5.92 Å². The van der Waals surface area contributed by atoms with Crippen molar-refractivity contribution >= 4 is 0 Å². The van der Waals surface area contributed by atoms with Crippen LogP contribution < -0.4 is 10.5 Å². The first-order valence-corrected chi connectivity index (χ1v) is 8.61. The van der Waals surface area contributed by atoms with Crippen LogP contribution in [0.4, 0.5) is 22.0 Å². The van der Waals surface area contributed by atoms with E-state index in [1.807, 2.05) is 20.8 Å². The van der Waals surface area contributed by atoms with Gasteiger partial charge in [-0.15, -0.1) is 0 Å². The van der Waals surface area contributed by atoms with Crippen molar-refractivity contribution in [1.82, 2.24) is 9.97 Å². The van der Waals surface area contributed by atoms with Crippen LogP contribution in [0.15, 0.2) is 30.5 Å². The topological polar surface area (TPSA) is 61.0 Å². The summed E-state index contributed by atoms with van der Waals surface area (Å²) in [6.07, 6.45) is -6.00. The number of ether oxygens (including phenoxy) is 1. The molecule has 2 aromatic heterocycles. The summed E-state index contributed by atoms with van der Waals surface area (Å²) in [6, 6.07) is 4.67. The monoisotopic (exact) mass is 403 g/mol. The molecule has 0 aromatic carbocycles. The summed E-state index contributed by atoms with van der Waals surface area (Å²) in [6.45, 7) is 5.76. The quantitative estimate of drug-likeness (QED) is 0.642. The van der Waals surface area contributed by atoms with E-state index < -0.39 is 29.5 Å². The Bertz CT molecular complexity index is 803. The zero-order valence-corrected chi connectivity index (χ0v) is 15.7. The SMILES string of the molecule is CC(COc1ccc(-c2ccnc(C(F)(F)F)c2)nc1C(F)F)CC(C)(C)N. The second-order valence-corrected chi connectivity index (χ2v) is 7.42. The standard InChI is InChI=1S/C19H22F5N3O/c1-11(9-18(2,3)25)10-28-14-5-4-13(27-16(14)17(20)21)12-6-7-26-15(8-12)19(22,23)24/h4-8,11,17H,9-10,25H2,1-3H3. The molecule has 0 amide bonds. The first-order valence-electron chi connectivity index (χ1n) is 8.61. The lowest BCUT2D eigenvalue weighted by molar-refractivity contribution is -0.141. The van der Waals surface area contributed by atoms with Gasteiger partial charge in [-0.05, 0) is 50.5 Å². The van der Waals surface area contributed by atoms with Crippen molar-refractivity contribution in [2.45, 2.75) is 45.3 Å². The molecular formula is C19H22F5N3O. The van der Waals surface area contributed by atoms with Crippen molar-refractivity contribution in [2.24, 2.45) is 11.7 Å². The minimum atomic E-state index is -4.64. The van der Waals surface area contributed by atoms with Gasteiger partial charge in [0.05, 0.1) is 12.3 Å². The minimum Gasteiger partial charge on any atom is -0.491 e. The Morgan fingerprint density at radius 2 is 1.82 bits per heavy atom. The van der Waals surface area contributed by atoms with E-state index in [4.69, 9.17) is 10.5 Å². The number of hydrogen-bond acceptors (Lipinski definition) is 4. The normalized spacial score (nSPS) is 13.6. The highest BCUT2D eigenvalue weighted by Gasteiger charge is 2.32. The maximum absolute atomic E-state index is 13.4. The van der Waals surface area contributed by atoms with Crippen LogP contribution in [0.2, 0.25) is 0 Å². The first kappa shape index (κ1) is 22.0. The number of nitrogens with two attached hydrogens (primary N) is 1. The molecule has 0 saturated heterocycles. The zero-order chi connectivity index (χ0) is 21.1. The van der Waals surface area contributed by atoms with E-state index in [-0.39, 0.29) is 29.5 Å². The van der Waals surface area contributed by atoms with Crippen LogP contribution >= 0.6 is 0 Å². The lowest BCUT2D eigenvalue weighted by Crippen LogP contribution is -2.35. The van der Waals surface area contributed by atoms with Crippen molar-refractivity contribution in [2.75, 3.05) is 6.61 Å². The van der Waals surface area contributed by atoms with Crippen molar-refractivity contribution < 1.29 is 26.7 Å². The third-order valence-electron chi connectivity index (χ3n) is 3.84. The van der Waals surface area contributed by atoms with Gasteiger partial charge in [-0.25, -0.2) is 13.8 Å². The Kier molecular flexibility index (Phi) is 6.59. The fourth-order valence-corrected chi connectivity index (χ4v) is 2.84. The molecule has 0 aliphatic rings. The summed E-state index contributed by atoms with van der Waals surface area (Å²) in [5.41, 5.74) is 3.78. The van der Waals surface area contributed by atoms with E-state index in [9.17, 15) is 22.0 Å². The smallest absolute Gasteiger partial charge is 0.433 e. The van der Waals surface area contributed by atoms with Gasteiger partial charge in [0.25, 0.3) is 6.43 Å². The van der Waals surface area contributed by atoms with Crippen LogP contribution in [0.25, 0.3) is 11.3 Å². The summed E-state index contributed by atoms with van der Waals surface area (Å²) >= 11 is 0. The van der Waals surface area contributed by atoms with Gasteiger partial charge in [-0.1, -0.05) is 6.92 Å². The highest BCUT2D eigenvalue weighted by Crippen LogP contribution is 2.33. The molecule has 28 heavy (non-hydrogen) atoms. The molecule has 9 heteroatoms. The number of halogens is 5. The summed E-state index contributed by atoms with van der Waals surface area (Å²) in [7, 11) is 0. The van der Waals surface area contributed by atoms with Crippen LogP contribution in [0.1, 0.15) is 45.0 Å². The fourth-order valence-electron chi connectivity index (χ4n) is 2.84. The van der Waals surface area contributed by atoms with Crippen molar-refractivity contribution in [3.63, 3.8) is 0 Å². The Morgan fingerprint density at radius 1 is 1.14 bits per heavy atom. The van der Waals surface area contributed by atoms with Crippen molar-refractivity contribution in [1.29, 1.82) is 0 Å². The van der Waals surface area contributed by atoms with Crippen LogP contribution in [-0.4, -0.2) is 22.1 Å². The van der Waals surface area contributed by atoms with Crippen LogP contribution in [0.3, 0.4) is 0 Å². The van der Waals surface area contributed by atoms with E-state index in [2.05, 4.69) is 9.97 Å². The van der Waals surface area contributed by atoms with Gasteiger partial charge in [-0.3, -0.25) is 4.98 Å². The third-order valence-corrected chi connectivity index (χ3v) is 3.84. The summed E-state index contributed by atoms with van der Waals surface area (Å²) < 4.78 is 70.8. The van der Waals surface area contributed by atoms with Crippen molar-refractivity contribution in [3.8, 4) is 17.0 Å². The number of alkyl halides is 5. The van der Waals surface area contributed by atoms with Gasteiger partial charge in [0.1, 0.15) is 17.1 Å². The molecule has 4 nitrogen and oxygen atoms in total. The Balaban J connectivity index is 2.26. The first-order chi connectivity index (χ1) is 12.9. The molecule has 0 aliphatic heterocycles. The van der Waals surface area contributed by atoms with Gasteiger partial charge in [-0.2, -0.15) is 13.2 Å². The number of nitrogens with zero attached hydrogens (tertiary/aromatic N) is 2. The molecule has 1 unspecified atom stereocenters. The summed E-state index contributed by atoms with van der Waals surface area (Å²) in [5.74, 6) is -0.0923. The second kappa shape index (κ2) is 8.38. The molecule has 154 valence electrons. The highest BCUT2D eigenvalue weighted by molar-refractivity contribution is 5.60. The Hall–Kier alpha value is -2.29. The van der Waals surface area contributed by atoms with E-state index in [1.54, 1.807) is 0 Å². The summed E-state index contributed by atoms with van der Waals surface area (Å²) in [5, 5.41) is 0. The fraction of sp³-hybridized carbons (Fsp3) is 0.474. The van der Waals surface area contributed by atoms with E-state index in [0.29, 0.717) is 6.42 Å². The van der Waals surface area contributed by atoms with E-state index in [0.717, 1.165) is 12.3 Å². The molecule has 0 saturated carbocycles. The summed E-state index contributed by atoms with van der Waals surface area (Å²) in [4.78, 5) is 7.08. The average molecular weight is 403 g/mol. The maximum Gasteiger partial charge on any atom is 0.433 e. The molecule has 2 N–H and O–H groups in total. The maximum atomic E-state index is 13.4. The average Bonchev–Trinajstić information content (AvgIpc) is 2.57. The van der Waals surface area contributed by atoms with Crippen LogP contribution in [-0.2, 0) is 6.18 Å². The molecule has 0 fully saturated rings.